The molecule has 108 valence electrons. The van der Waals surface area contributed by atoms with Gasteiger partial charge < -0.3 is 5.32 Å². The standard InChI is InChI=1S/C13H12ClF3N2S/c1-7-12(20-6-18-7)8(2)19-11-4-3-9(14)5-10(11)13(15,16)17/h3-6,8,19H,1-2H3. The Labute approximate surface area is 123 Å². The van der Waals surface area contributed by atoms with Crippen molar-refractivity contribution in [3.8, 4) is 0 Å². The van der Waals surface area contributed by atoms with Gasteiger partial charge in [-0.05, 0) is 32.0 Å². The molecule has 1 aromatic heterocycles. The Morgan fingerprint density at radius 3 is 2.60 bits per heavy atom. The highest BCUT2D eigenvalue weighted by atomic mass is 35.5. The summed E-state index contributed by atoms with van der Waals surface area (Å²) in [6.45, 7) is 3.63. The molecule has 0 radical (unpaired) electrons. The Balaban J connectivity index is 2.32. The van der Waals surface area contributed by atoms with Crippen LogP contribution in [0.15, 0.2) is 23.7 Å². The van der Waals surface area contributed by atoms with Gasteiger partial charge in [-0.3, -0.25) is 0 Å². The molecule has 0 bridgehead atoms. The molecule has 1 N–H and O–H groups in total. The smallest absolute Gasteiger partial charge is 0.377 e. The van der Waals surface area contributed by atoms with Crippen molar-refractivity contribution in [1.82, 2.24) is 4.98 Å². The van der Waals surface area contributed by atoms with Crippen LogP contribution < -0.4 is 5.32 Å². The van der Waals surface area contributed by atoms with Gasteiger partial charge in [-0.15, -0.1) is 11.3 Å². The second kappa shape index (κ2) is 5.61. The van der Waals surface area contributed by atoms with Crippen LogP contribution in [0.1, 0.15) is 29.1 Å². The van der Waals surface area contributed by atoms with Crippen LogP contribution in [0.5, 0.6) is 0 Å². The molecule has 0 fully saturated rings. The third-order valence-electron chi connectivity index (χ3n) is 2.83. The van der Waals surface area contributed by atoms with Crippen molar-refractivity contribution in [2.75, 3.05) is 5.32 Å². The van der Waals surface area contributed by atoms with Crippen molar-refractivity contribution in [2.24, 2.45) is 0 Å². The van der Waals surface area contributed by atoms with E-state index in [1.54, 1.807) is 12.4 Å². The highest BCUT2D eigenvalue weighted by Crippen LogP contribution is 2.38. The van der Waals surface area contributed by atoms with Gasteiger partial charge in [0.1, 0.15) is 0 Å². The molecule has 1 aromatic carbocycles. The van der Waals surface area contributed by atoms with Crippen LogP contribution in [0.4, 0.5) is 18.9 Å². The quantitative estimate of drug-likeness (QED) is 0.830. The lowest BCUT2D eigenvalue weighted by Crippen LogP contribution is -2.13. The summed E-state index contributed by atoms with van der Waals surface area (Å²) in [5.74, 6) is 0. The summed E-state index contributed by atoms with van der Waals surface area (Å²) < 4.78 is 39.0. The number of hydrogen-bond acceptors (Lipinski definition) is 3. The van der Waals surface area contributed by atoms with E-state index in [2.05, 4.69) is 10.3 Å². The van der Waals surface area contributed by atoms with Gasteiger partial charge in [0.05, 0.1) is 22.8 Å². The fourth-order valence-corrected chi connectivity index (χ4v) is 2.88. The lowest BCUT2D eigenvalue weighted by Gasteiger charge is -2.19. The average molecular weight is 321 g/mol. The number of nitrogens with one attached hydrogen (secondary N) is 1. The zero-order chi connectivity index (χ0) is 14.9. The number of nitrogens with zero attached hydrogens (tertiary/aromatic N) is 1. The lowest BCUT2D eigenvalue weighted by atomic mass is 10.1. The Morgan fingerprint density at radius 1 is 1.35 bits per heavy atom. The summed E-state index contributed by atoms with van der Waals surface area (Å²) in [4.78, 5) is 5.01. The number of thiazole rings is 1. The van der Waals surface area contributed by atoms with Gasteiger partial charge in [0.25, 0.3) is 0 Å². The summed E-state index contributed by atoms with van der Waals surface area (Å²) in [7, 11) is 0. The van der Waals surface area contributed by atoms with Gasteiger partial charge in [-0.25, -0.2) is 4.98 Å². The van der Waals surface area contributed by atoms with Crippen LogP contribution in [-0.2, 0) is 6.18 Å². The Hall–Kier alpha value is -1.27. The number of halogens is 4. The molecule has 1 atom stereocenters. The first-order chi connectivity index (χ1) is 9.29. The molecule has 20 heavy (non-hydrogen) atoms. The zero-order valence-electron chi connectivity index (χ0n) is 10.8. The number of alkyl halides is 3. The van der Waals surface area contributed by atoms with Crippen LogP contribution in [-0.4, -0.2) is 4.98 Å². The Bertz CT molecular complexity index is 610. The van der Waals surface area contributed by atoms with Crippen LogP contribution in [0, 0.1) is 6.92 Å². The fraction of sp³-hybridized carbons (Fsp3) is 0.308. The van der Waals surface area contributed by atoms with Crippen LogP contribution >= 0.6 is 22.9 Å². The molecule has 1 heterocycles. The van der Waals surface area contributed by atoms with Crippen molar-refractivity contribution >= 4 is 28.6 Å². The minimum atomic E-state index is -4.45. The predicted octanol–water partition coefficient (Wildman–Crippen LogP) is 5.30. The second-order valence-electron chi connectivity index (χ2n) is 4.36. The minimum absolute atomic E-state index is 0.0159. The first kappa shape index (κ1) is 15.1. The number of aromatic nitrogens is 1. The van der Waals surface area contributed by atoms with E-state index in [1.807, 2.05) is 6.92 Å². The van der Waals surface area contributed by atoms with Crippen molar-refractivity contribution < 1.29 is 13.2 Å². The van der Waals surface area contributed by atoms with E-state index in [1.165, 1.54) is 23.5 Å². The summed E-state index contributed by atoms with van der Waals surface area (Å²) in [5.41, 5.74) is 1.74. The number of anilines is 1. The predicted molar refractivity (Wildman–Crippen MR) is 75.3 cm³/mol. The molecule has 0 aliphatic rings. The SMILES string of the molecule is Cc1ncsc1C(C)Nc1ccc(Cl)cc1C(F)(F)F. The summed E-state index contributed by atoms with van der Waals surface area (Å²) in [6, 6.07) is 3.45. The third-order valence-corrected chi connectivity index (χ3v) is 4.18. The molecule has 2 rings (SSSR count). The van der Waals surface area contributed by atoms with E-state index in [0.717, 1.165) is 16.6 Å². The van der Waals surface area contributed by atoms with E-state index >= 15 is 0 Å². The van der Waals surface area contributed by atoms with Gasteiger partial charge in [0.15, 0.2) is 0 Å². The highest BCUT2D eigenvalue weighted by molar-refractivity contribution is 7.09. The molecule has 0 aliphatic carbocycles. The molecular formula is C13H12ClF3N2S. The molecular weight excluding hydrogens is 309 g/mol. The van der Waals surface area contributed by atoms with Gasteiger partial charge in [-0.1, -0.05) is 11.6 Å². The average Bonchev–Trinajstić information content (AvgIpc) is 2.76. The van der Waals surface area contributed by atoms with Gasteiger partial charge in [0.2, 0.25) is 0 Å². The van der Waals surface area contributed by atoms with E-state index in [9.17, 15) is 13.2 Å². The van der Waals surface area contributed by atoms with Gasteiger partial charge >= 0.3 is 6.18 Å². The van der Waals surface area contributed by atoms with Crippen LogP contribution in [0.3, 0.4) is 0 Å². The Kier molecular flexibility index (Phi) is 4.25. The molecule has 0 saturated heterocycles. The van der Waals surface area contributed by atoms with E-state index in [-0.39, 0.29) is 16.8 Å². The summed E-state index contributed by atoms with van der Waals surface area (Å²) in [6.07, 6.45) is -4.45. The molecule has 2 aromatic rings. The normalized spacial score (nSPS) is 13.3. The maximum Gasteiger partial charge on any atom is 0.418 e. The van der Waals surface area contributed by atoms with Crippen molar-refractivity contribution in [1.29, 1.82) is 0 Å². The molecule has 7 heteroatoms. The van der Waals surface area contributed by atoms with E-state index < -0.39 is 11.7 Å². The lowest BCUT2D eigenvalue weighted by molar-refractivity contribution is -0.137. The van der Waals surface area contributed by atoms with Crippen LogP contribution in [0.25, 0.3) is 0 Å². The maximum atomic E-state index is 13.0. The molecule has 0 spiro atoms. The zero-order valence-corrected chi connectivity index (χ0v) is 12.3. The van der Waals surface area contributed by atoms with Crippen molar-refractivity contribution in [2.45, 2.75) is 26.1 Å². The van der Waals surface area contributed by atoms with Crippen molar-refractivity contribution in [3.05, 3.63) is 44.9 Å². The number of aryl methyl sites for hydroxylation is 1. The van der Waals surface area contributed by atoms with Gasteiger partial charge in [0, 0.05) is 15.6 Å². The fourth-order valence-electron chi connectivity index (χ4n) is 1.90. The number of hydrogen-bond donors (Lipinski definition) is 1. The second-order valence-corrected chi connectivity index (χ2v) is 5.68. The molecule has 1 unspecified atom stereocenters. The summed E-state index contributed by atoms with van der Waals surface area (Å²) >= 11 is 7.06. The van der Waals surface area contributed by atoms with Crippen LogP contribution in [0.2, 0.25) is 5.02 Å². The topological polar surface area (TPSA) is 24.9 Å². The largest absolute Gasteiger partial charge is 0.418 e. The minimum Gasteiger partial charge on any atom is -0.377 e. The first-order valence-electron chi connectivity index (χ1n) is 5.82. The molecule has 0 saturated carbocycles. The monoisotopic (exact) mass is 320 g/mol. The number of benzene rings is 1. The van der Waals surface area contributed by atoms with E-state index in [4.69, 9.17) is 11.6 Å². The highest BCUT2D eigenvalue weighted by Gasteiger charge is 2.34. The molecule has 2 nitrogen and oxygen atoms in total. The summed E-state index contributed by atoms with van der Waals surface area (Å²) in [5, 5.41) is 2.94. The third kappa shape index (κ3) is 3.24. The van der Waals surface area contributed by atoms with Gasteiger partial charge in [-0.2, -0.15) is 13.2 Å². The molecule has 0 aliphatic heterocycles. The first-order valence-corrected chi connectivity index (χ1v) is 7.08. The Morgan fingerprint density at radius 2 is 2.05 bits per heavy atom. The molecule has 0 amide bonds. The maximum absolute atomic E-state index is 13.0. The number of rotatable bonds is 3. The van der Waals surface area contributed by atoms with E-state index in [0.29, 0.717) is 0 Å². The van der Waals surface area contributed by atoms with Crippen molar-refractivity contribution in [3.63, 3.8) is 0 Å².